The van der Waals surface area contributed by atoms with Gasteiger partial charge in [0.25, 0.3) is 0 Å². The van der Waals surface area contributed by atoms with Crippen molar-refractivity contribution >= 4 is 49.7 Å². The standard InChI is InChI=1S/C21H17N3O3S/c1-3-27-21(26)16-11-17(25)15-10-12(2)28-19(15)18(16)23-24-20-14-7-5-4-6-13(14)8-9-22-20/h4-11,25H,3H2,1-2H3. The summed E-state index contributed by atoms with van der Waals surface area (Å²) in [4.78, 5) is 17.8. The number of phenols is 1. The van der Waals surface area contributed by atoms with Crippen molar-refractivity contribution < 1.29 is 14.6 Å². The molecule has 0 amide bonds. The summed E-state index contributed by atoms with van der Waals surface area (Å²) in [5.74, 6) is -0.0716. The first kappa shape index (κ1) is 18.1. The fourth-order valence-electron chi connectivity index (χ4n) is 3.03. The van der Waals surface area contributed by atoms with Crippen LogP contribution in [0.1, 0.15) is 22.2 Å². The topological polar surface area (TPSA) is 84.1 Å². The number of rotatable bonds is 4. The highest BCUT2D eigenvalue weighted by atomic mass is 32.1. The van der Waals surface area contributed by atoms with Gasteiger partial charge in [0.1, 0.15) is 11.4 Å². The Morgan fingerprint density at radius 2 is 2.00 bits per heavy atom. The van der Waals surface area contributed by atoms with E-state index in [-0.39, 0.29) is 17.9 Å². The number of esters is 1. The van der Waals surface area contributed by atoms with Crippen LogP contribution >= 0.6 is 11.3 Å². The molecular formula is C21H17N3O3S. The van der Waals surface area contributed by atoms with E-state index in [0.29, 0.717) is 21.6 Å². The number of phenolic OH excluding ortho intramolecular Hbond substituents is 1. The van der Waals surface area contributed by atoms with Gasteiger partial charge >= 0.3 is 5.97 Å². The van der Waals surface area contributed by atoms with Crippen LogP contribution < -0.4 is 0 Å². The van der Waals surface area contributed by atoms with E-state index < -0.39 is 5.97 Å². The van der Waals surface area contributed by atoms with Crippen LogP contribution in [0.3, 0.4) is 0 Å². The van der Waals surface area contributed by atoms with Gasteiger partial charge in [0.2, 0.25) is 0 Å². The number of aromatic nitrogens is 1. The maximum absolute atomic E-state index is 12.4. The van der Waals surface area contributed by atoms with E-state index >= 15 is 0 Å². The number of aromatic hydroxyl groups is 1. The van der Waals surface area contributed by atoms with E-state index in [4.69, 9.17) is 4.74 Å². The SMILES string of the molecule is CCOC(=O)c1cc(O)c2cc(C)sc2c1N=Nc1nccc2ccccc12. The molecule has 1 N–H and O–H groups in total. The van der Waals surface area contributed by atoms with E-state index in [1.165, 1.54) is 17.4 Å². The zero-order valence-corrected chi connectivity index (χ0v) is 16.2. The zero-order chi connectivity index (χ0) is 19.7. The maximum atomic E-state index is 12.4. The molecule has 2 heterocycles. The van der Waals surface area contributed by atoms with Crippen molar-refractivity contribution in [3.8, 4) is 5.75 Å². The second-order valence-corrected chi connectivity index (χ2v) is 7.42. The number of hydrogen-bond acceptors (Lipinski definition) is 7. The number of pyridine rings is 1. The van der Waals surface area contributed by atoms with Gasteiger partial charge in [-0.05, 0) is 37.4 Å². The largest absolute Gasteiger partial charge is 0.507 e. The Balaban J connectivity index is 1.91. The third kappa shape index (κ3) is 3.20. The van der Waals surface area contributed by atoms with Crippen molar-refractivity contribution in [1.82, 2.24) is 4.98 Å². The minimum absolute atomic E-state index is 0.0182. The number of benzene rings is 2. The Bertz CT molecular complexity index is 1230. The summed E-state index contributed by atoms with van der Waals surface area (Å²) >= 11 is 1.44. The van der Waals surface area contributed by atoms with Gasteiger partial charge in [-0.3, -0.25) is 0 Å². The van der Waals surface area contributed by atoms with E-state index in [1.54, 1.807) is 13.1 Å². The highest BCUT2D eigenvalue weighted by molar-refractivity contribution is 7.19. The Kier molecular flexibility index (Phi) is 4.75. The van der Waals surface area contributed by atoms with Gasteiger partial charge in [-0.1, -0.05) is 24.3 Å². The molecule has 0 saturated heterocycles. The summed E-state index contributed by atoms with van der Waals surface area (Å²) < 4.78 is 5.82. The Morgan fingerprint density at radius 1 is 1.18 bits per heavy atom. The summed E-state index contributed by atoms with van der Waals surface area (Å²) in [6.07, 6.45) is 1.67. The Hall–Kier alpha value is -3.32. The molecule has 0 aliphatic rings. The monoisotopic (exact) mass is 391 g/mol. The quantitative estimate of drug-likeness (QED) is 0.339. The average Bonchev–Trinajstić information content (AvgIpc) is 3.09. The molecule has 28 heavy (non-hydrogen) atoms. The van der Waals surface area contributed by atoms with Crippen LogP contribution in [0.5, 0.6) is 5.75 Å². The third-order valence-electron chi connectivity index (χ3n) is 4.28. The molecule has 7 heteroatoms. The fourth-order valence-corrected chi connectivity index (χ4v) is 4.05. The summed E-state index contributed by atoms with van der Waals surface area (Å²) in [5, 5.41) is 21.5. The van der Waals surface area contributed by atoms with Gasteiger partial charge in [-0.2, -0.15) is 0 Å². The van der Waals surface area contributed by atoms with Gasteiger partial charge in [0.15, 0.2) is 5.82 Å². The van der Waals surface area contributed by atoms with Crippen LogP contribution in [0.25, 0.3) is 20.9 Å². The van der Waals surface area contributed by atoms with Gasteiger partial charge < -0.3 is 9.84 Å². The second-order valence-electron chi connectivity index (χ2n) is 6.17. The number of ether oxygens (including phenoxy) is 1. The lowest BCUT2D eigenvalue weighted by molar-refractivity contribution is 0.0527. The molecule has 4 aromatic rings. The lowest BCUT2D eigenvalue weighted by Gasteiger charge is -2.07. The van der Waals surface area contributed by atoms with Crippen LogP contribution in [0.2, 0.25) is 0 Å². The first-order chi connectivity index (χ1) is 13.6. The molecule has 0 bridgehead atoms. The summed E-state index contributed by atoms with van der Waals surface area (Å²) in [7, 11) is 0. The van der Waals surface area contributed by atoms with Crippen molar-refractivity contribution in [2.45, 2.75) is 13.8 Å². The third-order valence-corrected chi connectivity index (χ3v) is 5.33. The van der Waals surface area contributed by atoms with E-state index in [2.05, 4.69) is 15.2 Å². The molecule has 0 spiro atoms. The number of azo groups is 1. The number of carbonyl (C=O) groups excluding carboxylic acids is 1. The van der Waals surface area contributed by atoms with E-state index in [0.717, 1.165) is 15.6 Å². The number of hydrogen-bond donors (Lipinski definition) is 1. The maximum Gasteiger partial charge on any atom is 0.340 e. The van der Waals surface area contributed by atoms with Crippen LogP contribution in [0.4, 0.5) is 11.5 Å². The minimum Gasteiger partial charge on any atom is -0.507 e. The molecule has 6 nitrogen and oxygen atoms in total. The van der Waals surface area contributed by atoms with Crippen LogP contribution in [0.15, 0.2) is 58.9 Å². The number of thiophene rings is 1. The van der Waals surface area contributed by atoms with Gasteiger partial charge in [-0.15, -0.1) is 21.6 Å². The zero-order valence-electron chi connectivity index (χ0n) is 15.3. The number of carbonyl (C=O) groups is 1. The predicted molar refractivity (Wildman–Crippen MR) is 110 cm³/mol. The molecule has 0 atom stereocenters. The van der Waals surface area contributed by atoms with Crippen LogP contribution in [-0.4, -0.2) is 22.7 Å². The molecular weight excluding hydrogens is 374 g/mol. The van der Waals surface area contributed by atoms with Crippen molar-refractivity contribution in [3.63, 3.8) is 0 Å². The van der Waals surface area contributed by atoms with Crippen LogP contribution in [-0.2, 0) is 4.74 Å². The molecule has 0 fully saturated rings. The van der Waals surface area contributed by atoms with Gasteiger partial charge in [0, 0.05) is 21.8 Å². The summed E-state index contributed by atoms with van der Waals surface area (Å²) in [5.41, 5.74) is 0.553. The fraction of sp³-hybridized carbons (Fsp3) is 0.143. The second kappa shape index (κ2) is 7.36. The normalized spacial score (nSPS) is 11.5. The lowest BCUT2D eigenvalue weighted by Crippen LogP contribution is -2.04. The number of aryl methyl sites for hydroxylation is 1. The molecule has 0 radical (unpaired) electrons. The van der Waals surface area contributed by atoms with Gasteiger partial charge in [0.05, 0.1) is 16.9 Å². The molecule has 2 aromatic heterocycles. The van der Waals surface area contributed by atoms with Crippen LogP contribution in [0, 0.1) is 6.92 Å². The number of fused-ring (bicyclic) bond motifs is 2. The van der Waals surface area contributed by atoms with Crippen molar-refractivity contribution in [3.05, 3.63) is 59.1 Å². The molecule has 140 valence electrons. The Morgan fingerprint density at radius 3 is 2.82 bits per heavy atom. The summed E-state index contributed by atoms with van der Waals surface area (Å²) in [6.45, 7) is 3.89. The van der Waals surface area contributed by atoms with Crippen molar-refractivity contribution in [1.29, 1.82) is 0 Å². The Labute approximate surface area is 165 Å². The molecule has 0 aliphatic heterocycles. The first-order valence-electron chi connectivity index (χ1n) is 8.77. The summed E-state index contributed by atoms with van der Waals surface area (Å²) in [6, 6.07) is 12.9. The predicted octanol–water partition coefficient (Wildman–Crippen LogP) is 6.06. The van der Waals surface area contributed by atoms with E-state index in [9.17, 15) is 9.90 Å². The molecule has 0 unspecified atom stereocenters. The lowest BCUT2D eigenvalue weighted by atomic mass is 10.1. The number of nitrogens with zero attached hydrogens (tertiary/aromatic N) is 3. The van der Waals surface area contributed by atoms with Gasteiger partial charge in [-0.25, -0.2) is 9.78 Å². The highest BCUT2D eigenvalue weighted by Gasteiger charge is 2.20. The average molecular weight is 391 g/mol. The smallest absolute Gasteiger partial charge is 0.340 e. The highest BCUT2D eigenvalue weighted by Crippen LogP contribution is 2.42. The van der Waals surface area contributed by atoms with E-state index in [1.807, 2.05) is 43.3 Å². The first-order valence-corrected chi connectivity index (χ1v) is 9.59. The van der Waals surface area contributed by atoms with Crippen molar-refractivity contribution in [2.75, 3.05) is 6.61 Å². The van der Waals surface area contributed by atoms with Crippen molar-refractivity contribution in [2.24, 2.45) is 10.2 Å². The molecule has 2 aromatic carbocycles. The molecule has 0 aliphatic carbocycles. The molecule has 0 saturated carbocycles. The minimum atomic E-state index is -0.550. The molecule has 4 rings (SSSR count).